The van der Waals surface area contributed by atoms with Crippen LogP contribution in [0.4, 0.5) is 0 Å². The molecule has 1 heterocycles. The highest BCUT2D eigenvalue weighted by molar-refractivity contribution is 5.82. The Morgan fingerprint density at radius 1 is 1.38 bits per heavy atom. The maximum atomic E-state index is 12.3. The number of hydrogen-bond acceptors (Lipinski definition) is 6. The van der Waals surface area contributed by atoms with E-state index < -0.39 is 5.97 Å². The van der Waals surface area contributed by atoms with Gasteiger partial charge in [0.2, 0.25) is 0 Å². The zero-order valence-electron chi connectivity index (χ0n) is 14.4. The molecule has 4 N–H and O–H groups in total. The van der Waals surface area contributed by atoms with Gasteiger partial charge in [-0.05, 0) is 31.9 Å². The first-order valence-electron chi connectivity index (χ1n) is 8.17. The number of nitriles is 1. The smallest absolute Gasteiger partial charge is 0.305 e. The van der Waals surface area contributed by atoms with Gasteiger partial charge in [-0.3, -0.25) is 9.59 Å². The molecule has 26 heavy (non-hydrogen) atoms. The molecule has 8 nitrogen and oxygen atoms in total. The van der Waals surface area contributed by atoms with Crippen molar-refractivity contribution in [2.45, 2.75) is 26.2 Å². The SMILES string of the molecule is Cc1ccc2nc(/C(C#N)=C(/CCCO)NCCC(=O)O)[nH]c(=O)c2c1. The lowest BCUT2D eigenvalue weighted by Crippen LogP contribution is -2.21. The molecule has 0 aliphatic rings. The predicted octanol–water partition coefficient (Wildman–Crippen LogP) is 1.30. The van der Waals surface area contributed by atoms with Gasteiger partial charge in [-0.15, -0.1) is 0 Å². The van der Waals surface area contributed by atoms with E-state index in [1.807, 2.05) is 19.1 Å². The van der Waals surface area contributed by atoms with E-state index in [-0.39, 0.29) is 36.5 Å². The number of aromatic nitrogens is 2. The number of carbonyl (C=O) groups is 1. The third kappa shape index (κ3) is 4.68. The largest absolute Gasteiger partial charge is 0.481 e. The van der Waals surface area contributed by atoms with Gasteiger partial charge in [0.25, 0.3) is 5.56 Å². The van der Waals surface area contributed by atoms with Gasteiger partial charge in [0, 0.05) is 18.8 Å². The molecule has 0 amide bonds. The van der Waals surface area contributed by atoms with Crippen LogP contribution < -0.4 is 10.9 Å². The number of carboxylic acid groups (broad SMARTS) is 1. The molecule has 0 fully saturated rings. The Kier molecular flexibility index (Phi) is 6.47. The van der Waals surface area contributed by atoms with Crippen LogP contribution in [0, 0.1) is 18.3 Å². The number of carboxylic acids is 1. The number of aliphatic hydroxyl groups is 1. The Bertz CT molecular complexity index is 940. The molecule has 0 aliphatic carbocycles. The van der Waals surface area contributed by atoms with Crippen molar-refractivity contribution >= 4 is 22.4 Å². The maximum absolute atomic E-state index is 12.3. The zero-order chi connectivity index (χ0) is 19.1. The van der Waals surface area contributed by atoms with Gasteiger partial charge in [0.05, 0.1) is 17.3 Å². The summed E-state index contributed by atoms with van der Waals surface area (Å²) in [5.74, 6) is -0.852. The Labute approximate surface area is 149 Å². The number of benzene rings is 1. The van der Waals surface area contributed by atoms with Gasteiger partial charge in [-0.1, -0.05) is 11.6 Å². The van der Waals surface area contributed by atoms with E-state index in [0.717, 1.165) is 5.56 Å². The summed E-state index contributed by atoms with van der Waals surface area (Å²) in [5, 5.41) is 30.8. The average molecular weight is 356 g/mol. The Morgan fingerprint density at radius 3 is 2.81 bits per heavy atom. The molecule has 1 aromatic heterocycles. The number of aliphatic carboxylic acids is 1. The molecule has 0 aliphatic heterocycles. The summed E-state index contributed by atoms with van der Waals surface area (Å²) in [4.78, 5) is 30.0. The zero-order valence-corrected chi connectivity index (χ0v) is 14.4. The lowest BCUT2D eigenvalue weighted by Gasteiger charge is -2.12. The fraction of sp³-hybridized carbons (Fsp3) is 0.333. The van der Waals surface area contributed by atoms with Crippen LogP contribution in [0.25, 0.3) is 16.5 Å². The van der Waals surface area contributed by atoms with Crippen molar-refractivity contribution in [3.8, 4) is 6.07 Å². The molecule has 0 saturated heterocycles. The number of H-pyrrole nitrogens is 1. The van der Waals surface area contributed by atoms with E-state index >= 15 is 0 Å². The fourth-order valence-corrected chi connectivity index (χ4v) is 2.51. The summed E-state index contributed by atoms with van der Waals surface area (Å²) in [6.07, 6.45) is 0.592. The molecule has 0 spiro atoms. The summed E-state index contributed by atoms with van der Waals surface area (Å²) >= 11 is 0. The lowest BCUT2D eigenvalue weighted by molar-refractivity contribution is -0.136. The quantitative estimate of drug-likeness (QED) is 0.523. The second-order valence-corrected chi connectivity index (χ2v) is 5.80. The van der Waals surface area contributed by atoms with Crippen LogP contribution in [-0.4, -0.2) is 39.3 Å². The molecular weight excluding hydrogens is 336 g/mol. The minimum Gasteiger partial charge on any atom is -0.481 e. The predicted molar refractivity (Wildman–Crippen MR) is 96.2 cm³/mol. The number of rotatable bonds is 8. The van der Waals surface area contributed by atoms with E-state index in [4.69, 9.17) is 10.2 Å². The molecule has 8 heteroatoms. The van der Waals surface area contributed by atoms with Crippen molar-refractivity contribution in [1.82, 2.24) is 15.3 Å². The standard InChI is InChI=1S/C18H20N4O4/c1-11-4-5-15-12(9-11)18(26)22-17(21-15)13(10-19)14(3-2-8-23)20-7-6-16(24)25/h4-5,9,20,23H,2-3,6-8H2,1H3,(H,24,25)(H,21,22,26)/b14-13-. The van der Waals surface area contributed by atoms with Crippen LogP contribution in [0.15, 0.2) is 28.7 Å². The summed E-state index contributed by atoms with van der Waals surface area (Å²) in [6.45, 7) is 1.91. The van der Waals surface area contributed by atoms with Crippen LogP contribution in [-0.2, 0) is 4.79 Å². The number of hydrogen-bond donors (Lipinski definition) is 4. The summed E-state index contributed by atoms with van der Waals surface area (Å²) in [5.41, 5.74) is 1.61. The fourth-order valence-electron chi connectivity index (χ4n) is 2.51. The molecule has 0 unspecified atom stereocenters. The van der Waals surface area contributed by atoms with Gasteiger partial charge in [-0.2, -0.15) is 5.26 Å². The van der Waals surface area contributed by atoms with E-state index in [1.54, 1.807) is 12.1 Å². The summed E-state index contributed by atoms with van der Waals surface area (Å²) in [6, 6.07) is 7.28. The third-order valence-corrected chi connectivity index (χ3v) is 3.77. The van der Waals surface area contributed by atoms with Crippen LogP contribution in [0.3, 0.4) is 0 Å². The first kappa shape index (κ1) is 19.1. The number of aryl methyl sites for hydroxylation is 1. The van der Waals surface area contributed by atoms with Crippen LogP contribution >= 0.6 is 0 Å². The molecule has 1 aromatic carbocycles. The van der Waals surface area contributed by atoms with E-state index in [1.165, 1.54) is 0 Å². The Hall–Kier alpha value is -3.18. The Balaban J connectivity index is 2.50. The van der Waals surface area contributed by atoms with Gasteiger partial charge >= 0.3 is 5.97 Å². The molecule has 2 aromatic rings. The van der Waals surface area contributed by atoms with Gasteiger partial charge in [-0.25, -0.2) is 4.98 Å². The summed E-state index contributed by atoms with van der Waals surface area (Å²) in [7, 11) is 0. The second-order valence-electron chi connectivity index (χ2n) is 5.80. The molecule has 0 saturated carbocycles. The minimum absolute atomic E-state index is 0.0796. The molecule has 0 atom stereocenters. The van der Waals surface area contributed by atoms with Crippen molar-refractivity contribution in [3.05, 3.63) is 45.6 Å². The molecular formula is C18H20N4O4. The lowest BCUT2D eigenvalue weighted by atomic mass is 10.1. The van der Waals surface area contributed by atoms with E-state index in [9.17, 15) is 14.9 Å². The third-order valence-electron chi connectivity index (χ3n) is 3.77. The number of fused-ring (bicyclic) bond motifs is 1. The number of aliphatic hydroxyl groups excluding tert-OH is 1. The van der Waals surface area contributed by atoms with Gasteiger partial charge in [0.1, 0.15) is 11.6 Å². The number of aromatic amines is 1. The minimum atomic E-state index is -0.967. The maximum Gasteiger partial charge on any atom is 0.305 e. The van der Waals surface area contributed by atoms with Crippen molar-refractivity contribution in [1.29, 1.82) is 5.26 Å². The molecule has 2 rings (SSSR count). The van der Waals surface area contributed by atoms with Crippen LogP contribution in [0.2, 0.25) is 0 Å². The number of allylic oxidation sites excluding steroid dienone is 2. The highest BCUT2D eigenvalue weighted by Gasteiger charge is 2.14. The second kappa shape index (κ2) is 8.78. The van der Waals surface area contributed by atoms with Gasteiger partial charge < -0.3 is 20.5 Å². The van der Waals surface area contributed by atoms with Crippen molar-refractivity contribution < 1.29 is 15.0 Å². The number of nitrogens with zero attached hydrogens (tertiary/aromatic N) is 2. The van der Waals surface area contributed by atoms with E-state index in [0.29, 0.717) is 29.4 Å². The first-order chi connectivity index (χ1) is 12.5. The highest BCUT2D eigenvalue weighted by Crippen LogP contribution is 2.18. The summed E-state index contributed by atoms with van der Waals surface area (Å²) < 4.78 is 0. The van der Waals surface area contributed by atoms with Crippen LogP contribution in [0.5, 0.6) is 0 Å². The van der Waals surface area contributed by atoms with Gasteiger partial charge in [0.15, 0.2) is 5.82 Å². The molecule has 136 valence electrons. The molecule has 0 bridgehead atoms. The highest BCUT2D eigenvalue weighted by atomic mass is 16.4. The monoisotopic (exact) mass is 356 g/mol. The number of nitrogens with one attached hydrogen (secondary N) is 2. The average Bonchev–Trinajstić information content (AvgIpc) is 2.60. The van der Waals surface area contributed by atoms with Crippen molar-refractivity contribution in [3.63, 3.8) is 0 Å². The van der Waals surface area contributed by atoms with Crippen molar-refractivity contribution in [2.75, 3.05) is 13.2 Å². The normalized spacial score (nSPS) is 11.7. The topological polar surface area (TPSA) is 139 Å². The first-order valence-corrected chi connectivity index (χ1v) is 8.17. The van der Waals surface area contributed by atoms with Crippen LogP contribution in [0.1, 0.15) is 30.7 Å². The van der Waals surface area contributed by atoms with Crippen molar-refractivity contribution in [2.24, 2.45) is 0 Å². The molecule has 0 radical (unpaired) electrons. The Morgan fingerprint density at radius 2 is 2.15 bits per heavy atom. The van der Waals surface area contributed by atoms with E-state index in [2.05, 4.69) is 15.3 Å².